The monoisotopic (exact) mass is 558 g/mol. The molecule has 40 heavy (non-hydrogen) atoms. The minimum atomic E-state index is -2.68. The first kappa shape index (κ1) is 25.7. The highest BCUT2D eigenvalue weighted by atomic mass is 32.1. The van der Waals surface area contributed by atoms with Gasteiger partial charge in [-0.05, 0) is 61.7 Å². The zero-order chi connectivity index (χ0) is 27.8. The number of nitrogen functional groups attached to an aromatic ring is 1. The second-order valence-electron chi connectivity index (χ2n) is 9.49. The van der Waals surface area contributed by atoms with E-state index in [-0.39, 0.29) is 24.2 Å². The Morgan fingerprint density at radius 2 is 1.90 bits per heavy atom. The number of carbonyl (C=O) groups excluding carboxylic acids is 1. The van der Waals surface area contributed by atoms with Crippen molar-refractivity contribution < 1.29 is 13.6 Å². The zero-order valence-electron chi connectivity index (χ0n) is 21.4. The Balaban J connectivity index is 1.37. The summed E-state index contributed by atoms with van der Waals surface area (Å²) >= 11 is 1.14. The number of nitrogens with two attached hydrogens (primary N) is 1. The van der Waals surface area contributed by atoms with Gasteiger partial charge in [-0.3, -0.25) is 9.78 Å². The Hall–Kier alpha value is -4.58. The van der Waals surface area contributed by atoms with Crippen molar-refractivity contribution in [2.24, 2.45) is 0 Å². The van der Waals surface area contributed by atoms with Crippen molar-refractivity contribution in [2.75, 3.05) is 10.7 Å². The Morgan fingerprint density at radius 3 is 2.60 bits per heavy atom. The molecule has 0 aliphatic heterocycles. The van der Waals surface area contributed by atoms with Crippen LogP contribution in [0.2, 0.25) is 0 Å². The number of benzene rings is 1. The molecule has 0 radical (unpaired) electrons. The molecule has 6 rings (SSSR count). The van der Waals surface area contributed by atoms with E-state index in [0.29, 0.717) is 39.0 Å². The maximum absolute atomic E-state index is 14.1. The highest BCUT2D eigenvalue weighted by Crippen LogP contribution is 2.35. The maximum atomic E-state index is 14.1. The third-order valence-electron chi connectivity index (χ3n) is 6.64. The van der Waals surface area contributed by atoms with Crippen molar-refractivity contribution in [1.82, 2.24) is 29.9 Å². The van der Waals surface area contributed by atoms with E-state index < -0.39 is 6.43 Å². The van der Waals surface area contributed by atoms with Crippen LogP contribution in [0.25, 0.3) is 21.3 Å². The van der Waals surface area contributed by atoms with Crippen LogP contribution in [0.5, 0.6) is 0 Å². The second kappa shape index (κ2) is 10.5. The Kier molecular flexibility index (Phi) is 6.76. The highest BCUT2D eigenvalue weighted by Gasteiger charge is 2.38. The van der Waals surface area contributed by atoms with E-state index >= 15 is 0 Å². The van der Waals surface area contributed by atoms with Crippen LogP contribution in [0.3, 0.4) is 0 Å². The summed E-state index contributed by atoms with van der Waals surface area (Å²) in [4.78, 5) is 36.1. The number of rotatable bonds is 8. The van der Waals surface area contributed by atoms with Gasteiger partial charge in [0.1, 0.15) is 11.5 Å². The zero-order valence-corrected chi connectivity index (χ0v) is 22.2. The van der Waals surface area contributed by atoms with E-state index in [0.717, 1.165) is 35.1 Å². The van der Waals surface area contributed by atoms with Crippen molar-refractivity contribution >= 4 is 39.9 Å². The molecule has 1 fully saturated rings. The molecular weight excluding hydrogens is 534 g/mol. The van der Waals surface area contributed by atoms with Crippen LogP contribution < -0.4 is 10.7 Å². The van der Waals surface area contributed by atoms with E-state index in [4.69, 9.17) is 5.73 Å². The number of pyridine rings is 2. The number of carbonyl (C=O) groups is 1. The van der Waals surface area contributed by atoms with Gasteiger partial charge in [-0.1, -0.05) is 6.07 Å². The molecular formula is C28H24F2N8OS. The number of hydrogen-bond donors (Lipinski definition) is 1. The number of aryl methyl sites for hydroxylation is 1. The predicted octanol–water partition coefficient (Wildman–Crippen LogP) is 5.60. The number of aromatic nitrogens is 5. The molecule has 1 saturated carbocycles. The van der Waals surface area contributed by atoms with Crippen LogP contribution >= 0.6 is 11.3 Å². The number of amides is 1. The van der Waals surface area contributed by atoms with Gasteiger partial charge in [-0.2, -0.15) is 0 Å². The number of hydrazine groups is 1. The van der Waals surface area contributed by atoms with Gasteiger partial charge in [0.25, 0.3) is 12.3 Å². The summed E-state index contributed by atoms with van der Waals surface area (Å²) in [5.41, 5.74) is 10.2. The second-order valence-corrected chi connectivity index (χ2v) is 10.3. The highest BCUT2D eigenvalue weighted by molar-refractivity contribution is 7.13. The molecule has 0 unspecified atom stereocenters. The van der Waals surface area contributed by atoms with E-state index in [1.807, 2.05) is 18.0 Å². The number of hydrogen-bond acceptors (Lipinski definition) is 9. The molecule has 9 nitrogen and oxygen atoms in total. The summed E-state index contributed by atoms with van der Waals surface area (Å²) in [7, 11) is 0. The molecule has 0 spiro atoms. The maximum Gasteiger partial charge on any atom is 0.281 e. The van der Waals surface area contributed by atoms with Crippen LogP contribution in [0, 0.1) is 6.92 Å². The lowest BCUT2D eigenvalue weighted by Crippen LogP contribution is -2.48. The fraction of sp³-hybridized carbons (Fsp3) is 0.214. The van der Waals surface area contributed by atoms with Gasteiger partial charge in [0.15, 0.2) is 0 Å². The predicted molar refractivity (Wildman–Crippen MR) is 149 cm³/mol. The third kappa shape index (κ3) is 5.05. The van der Waals surface area contributed by atoms with Gasteiger partial charge in [-0.25, -0.2) is 38.7 Å². The summed E-state index contributed by atoms with van der Waals surface area (Å²) in [6.45, 7) is 1.99. The first-order valence-electron chi connectivity index (χ1n) is 12.6. The van der Waals surface area contributed by atoms with Gasteiger partial charge < -0.3 is 5.73 Å². The molecule has 0 atom stereocenters. The molecule has 4 heterocycles. The lowest BCUT2D eigenvalue weighted by molar-refractivity contribution is 0.0710. The van der Waals surface area contributed by atoms with E-state index in [2.05, 4.69) is 24.9 Å². The smallest absolute Gasteiger partial charge is 0.281 e. The minimum Gasteiger partial charge on any atom is -0.383 e. The number of fused-ring (bicyclic) bond motifs is 1. The van der Waals surface area contributed by atoms with E-state index in [9.17, 15) is 13.6 Å². The summed E-state index contributed by atoms with van der Waals surface area (Å²) < 4.78 is 26.7. The van der Waals surface area contributed by atoms with Gasteiger partial charge in [0.05, 0.1) is 34.2 Å². The summed E-state index contributed by atoms with van der Waals surface area (Å²) in [6.07, 6.45) is 3.90. The van der Waals surface area contributed by atoms with Crippen molar-refractivity contribution in [2.45, 2.75) is 38.8 Å². The fourth-order valence-electron chi connectivity index (χ4n) is 4.45. The molecule has 12 heteroatoms. The van der Waals surface area contributed by atoms with Gasteiger partial charge in [0.2, 0.25) is 5.95 Å². The van der Waals surface area contributed by atoms with Gasteiger partial charge in [0, 0.05) is 35.1 Å². The first-order chi connectivity index (χ1) is 19.4. The Labute approximate surface area is 232 Å². The van der Waals surface area contributed by atoms with Gasteiger partial charge in [-0.15, -0.1) is 11.3 Å². The van der Waals surface area contributed by atoms with Crippen LogP contribution in [-0.4, -0.2) is 41.9 Å². The molecule has 5 aromatic rings. The number of thiazole rings is 1. The average Bonchev–Trinajstić information content (AvgIpc) is 3.67. The molecule has 1 aliphatic carbocycles. The normalized spacial score (nSPS) is 13.1. The quantitative estimate of drug-likeness (QED) is 0.245. The number of halogens is 2. The molecule has 4 aromatic heterocycles. The lowest BCUT2D eigenvalue weighted by atomic mass is 10.1. The van der Waals surface area contributed by atoms with Crippen molar-refractivity contribution in [3.63, 3.8) is 0 Å². The largest absolute Gasteiger partial charge is 0.383 e. The molecule has 2 N–H and O–H groups in total. The lowest BCUT2D eigenvalue weighted by Gasteiger charge is -2.35. The summed E-state index contributed by atoms with van der Waals surface area (Å²) in [5, 5.41) is 4.23. The fourth-order valence-corrected chi connectivity index (χ4v) is 5.25. The minimum absolute atomic E-state index is 0.0561. The molecule has 1 amide bonds. The molecule has 0 saturated heterocycles. The number of anilines is 2. The van der Waals surface area contributed by atoms with Crippen LogP contribution in [0.1, 0.15) is 46.6 Å². The standard InChI is InChI=1S/C28H24F2N8OS/c1-16-11-19-12-17(4-8-22(19)36-26(16)31)27(39)37(38(21-6-7-21)28-32-9-2-10-33-28)14-20-5-3-18(13-34-20)24-23(25(29)30)35-15-40-24/h2-5,8-13,15,21,25H,6-7,14H2,1H3,(H2,31,36). The average molecular weight is 559 g/mol. The number of alkyl halides is 2. The van der Waals surface area contributed by atoms with Crippen molar-refractivity contribution in [3.05, 3.63) is 89.1 Å². The first-order valence-corrected chi connectivity index (χ1v) is 13.5. The molecule has 202 valence electrons. The topological polar surface area (TPSA) is 114 Å². The Bertz CT molecular complexity index is 1680. The SMILES string of the molecule is Cc1cc2cc(C(=O)N(Cc3ccc(-c4scnc4C(F)F)cn3)N(c3ncccn3)C3CC3)ccc2nc1N. The van der Waals surface area contributed by atoms with Crippen LogP contribution in [0.4, 0.5) is 20.5 Å². The van der Waals surface area contributed by atoms with E-state index in [1.165, 1.54) is 11.7 Å². The summed E-state index contributed by atoms with van der Waals surface area (Å²) in [5.74, 6) is 0.596. The third-order valence-corrected chi connectivity index (χ3v) is 7.53. The number of nitrogens with zero attached hydrogens (tertiary/aromatic N) is 7. The van der Waals surface area contributed by atoms with Crippen LogP contribution in [0.15, 0.2) is 66.6 Å². The van der Waals surface area contributed by atoms with Gasteiger partial charge >= 0.3 is 0 Å². The van der Waals surface area contributed by atoms with E-state index in [1.54, 1.807) is 53.8 Å². The van der Waals surface area contributed by atoms with Crippen LogP contribution in [-0.2, 0) is 6.54 Å². The Morgan fingerprint density at radius 1 is 1.10 bits per heavy atom. The molecule has 1 aliphatic rings. The molecule has 1 aromatic carbocycles. The van der Waals surface area contributed by atoms with Crippen molar-refractivity contribution in [1.29, 1.82) is 0 Å². The van der Waals surface area contributed by atoms with Crippen molar-refractivity contribution in [3.8, 4) is 10.4 Å². The molecule has 0 bridgehead atoms. The summed E-state index contributed by atoms with van der Waals surface area (Å²) in [6, 6.07) is 12.4.